The summed E-state index contributed by atoms with van der Waals surface area (Å²) in [5.74, 6) is 0. The van der Waals surface area contributed by atoms with Gasteiger partial charge in [0, 0.05) is 4.83 Å². The molecule has 0 aliphatic heterocycles. The Hall–Kier alpha value is -0.820. The highest BCUT2D eigenvalue weighted by Gasteiger charge is 1.96. The summed E-state index contributed by atoms with van der Waals surface area (Å²) in [6, 6.07) is 0. The predicted molar refractivity (Wildman–Crippen MR) is 139 cm³/mol. The number of allylic oxidation sites excluding steroid dienone is 10. The number of rotatable bonds is 15. The first-order valence-corrected chi connectivity index (χ1v) is 12.5. The van der Waals surface area contributed by atoms with E-state index in [2.05, 4.69) is 94.8 Å². The average molecular weight is 464 g/mol. The summed E-state index contributed by atoms with van der Waals surface area (Å²) in [5, 5.41) is 0. The van der Waals surface area contributed by atoms with E-state index in [-0.39, 0.29) is 0 Å². The van der Waals surface area contributed by atoms with Gasteiger partial charge in [0.05, 0.1) is 0 Å². The second-order valence-corrected chi connectivity index (χ2v) is 10.6. The SMILES string of the molecule is CC(C)=CCC/C(C)=C/CC/C(C)=C/CC/C(C)=C/CC/C(C)=C/CCC(C)Br. The van der Waals surface area contributed by atoms with Crippen molar-refractivity contribution in [3.63, 3.8) is 0 Å². The van der Waals surface area contributed by atoms with Gasteiger partial charge >= 0.3 is 0 Å². The van der Waals surface area contributed by atoms with Gasteiger partial charge in [0.2, 0.25) is 0 Å². The van der Waals surface area contributed by atoms with Crippen LogP contribution in [-0.4, -0.2) is 4.83 Å². The van der Waals surface area contributed by atoms with Crippen molar-refractivity contribution in [1.82, 2.24) is 0 Å². The van der Waals surface area contributed by atoms with Crippen molar-refractivity contribution in [2.45, 2.75) is 118 Å². The van der Waals surface area contributed by atoms with Crippen LogP contribution in [0.15, 0.2) is 58.2 Å². The summed E-state index contributed by atoms with van der Waals surface area (Å²) >= 11 is 3.62. The molecule has 0 nitrogen and oxygen atoms in total. The minimum absolute atomic E-state index is 0.623. The van der Waals surface area contributed by atoms with Gasteiger partial charge in [0.1, 0.15) is 0 Å². The lowest BCUT2D eigenvalue weighted by Crippen LogP contribution is -1.88. The summed E-state index contributed by atoms with van der Waals surface area (Å²) in [4.78, 5) is 0.623. The Balaban J connectivity index is 4.05. The fourth-order valence-electron chi connectivity index (χ4n) is 3.19. The third-order valence-electron chi connectivity index (χ3n) is 5.24. The van der Waals surface area contributed by atoms with Crippen molar-refractivity contribution in [2.75, 3.05) is 0 Å². The maximum absolute atomic E-state index is 3.62. The van der Waals surface area contributed by atoms with E-state index in [1.165, 1.54) is 92.1 Å². The van der Waals surface area contributed by atoms with Crippen LogP contribution in [0.1, 0.15) is 113 Å². The number of halogens is 1. The molecule has 0 spiro atoms. The standard InChI is InChI=1S/C28H47Br/c1-23(2)13-8-14-24(3)15-9-16-25(4)17-10-18-26(5)19-11-20-27(6)21-12-22-28(7)29/h13,15,17,19,21,28H,8-12,14,16,18,20,22H2,1-7H3/b24-15+,25-17+,26-19+,27-21+. The molecule has 0 aromatic carbocycles. The molecule has 166 valence electrons. The molecule has 0 aromatic rings. The van der Waals surface area contributed by atoms with Crippen LogP contribution >= 0.6 is 15.9 Å². The molecule has 0 bridgehead atoms. The molecule has 0 radical (unpaired) electrons. The Morgan fingerprint density at radius 2 is 0.862 bits per heavy atom. The van der Waals surface area contributed by atoms with E-state index in [4.69, 9.17) is 0 Å². The van der Waals surface area contributed by atoms with Gasteiger partial charge in [-0.1, -0.05) is 81.1 Å². The van der Waals surface area contributed by atoms with Crippen molar-refractivity contribution in [3.05, 3.63) is 58.2 Å². The molecule has 1 unspecified atom stereocenters. The average Bonchev–Trinajstić information content (AvgIpc) is 2.61. The maximum Gasteiger partial charge on any atom is 0.0120 e. The van der Waals surface area contributed by atoms with Crippen LogP contribution in [0.2, 0.25) is 0 Å². The van der Waals surface area contributed by atoms with Gasteiger partial charge < -0.3 is 0 Å². The first-order chi connectivity index (χ1) is 13.7. The monoisotopic (exact) mass is 462 g/mol. The van der Waals surface area contributed by atoms with Crippen molar-refractivity contribution < 1.29 is 0 Å². The van der Waals surface area contributed by atoms with Gasteiger partial charge in [-0.2, -0.15) is 0 Å². The van der Waals surface area contributed by atoms with E-state index >= 15 is 0 Å². The molecule has 1 heteroatoms. The summed E-state index contributed by atoms with van der Waals surface area (Å²) in [6.45, 7) is 15.7. The highest BCUT2D eigenvalue weighted by atomic mass is 79.9. The smallest absolute Gasteiger partial charge is 0.0120 e. The van der Waals surface area contributed by atoms with Gasteiger partial charge in [-0.3, -0.25) is 0 Å². The van der Waals surface area contributed by atoms with Crippen molar-refractivity contribution in [1.29, 1.82) is 0 Å². The molecule has 0 aromatic heterocycles. The van der Waals surface area contributed by atoms with Crippen LogP contribution in [0, 0.1) is 0 Å². The molecular formula is C28H47Br. The lowest BCUT2D eigenvalue weighted by Gasteiger charge is -2.04. The molecule has 1 atom stereocenters. The zero-order valence-electron chi connectivity index (χ0n) is 20.4. The van der Waals surface area contributed by atoms with E-state index in [0.29, 0.717) is 4.83 Å². The largest absolute Gasteiger partial charge is 0.0894 e. The van der Waals surface area contributed by atoms with Gasteiger partial charge in [-0.25, -0.2) is 0 Å². The highest BCUT2D eigenvalue weighted by molar-refractivity contribution is 9.09. The third kappa shape index (κ3) is 20.2. The number of hydrogen-bond acceptors (Lipinski definition) is 0. The van der Waals surface area contributed by atoms with E-state index in [0.717, 1.165) is 0 Å². The molecule has 29 heavy (non-hydrogen) atoms. The molecule has 0 heterocycles. The van der Waals surface area contributed by atoms with Gasteiger partial charge in [-0.15, -0.1) is 0 Å². The lowest BCUT2D eigenvalue weighted by molar-refractivity contribution is 0.829. The maximum atomic E-state index is 3.62. The van der Waals surface area contributed by atoms with Gasteiger partial charge in [0.15, 0.2) is 0 Å². The Bertz CT molecular complexity index is 577. The fraction of sp³-hybridized carbons (Fsp3) is 0.643. The molecule has 0 aliphatic rings. The van der Waals surface area contributed by atoms with Crippen LogP contribution in [0.5, 0.6) is 0 Å². The zero-order valence-corrected chi connectivity index (χ0v) is 22.0. The summed E-state index contributed by atoms with van der Waals surface area (Å²) < 4.78 is 0. The number of hydrogen-bond donors (Lipinski definition) is 0. The van der Waals surface area contributed by atoms with Crippen molar-refractivity contribution in [2.24, 2.45) is 0 Å². The molecule has 0 N–H and O–H groups in total. The van der Waals surface area contributed by atoms with Crippen LogP contribution in [0.4, 0.5) is 0 Å². The van der Waals surface area contributed by atoms with E-state index in [1.807, 2.05) is 0 Å². The molecule has 0 amide bonds. The van der Waals surface area contributed by atoms with Crippen LogP contribution in [-0.2, 0) is 0 Å². The first kappa shape index (κ1) is 28.2. The Morgan fingerprint density at radius 1 is 0.552 bits per heavy atom. The molecular weight excluding hydrogens is 416 g/mol. The van der Waals surface area contributed by atoms with Gasteiger partial charge in [0.25, 0.3) is 0 Å². The highest BCUT2D eigenvalue weighted by Crippen LogP contribution is 2.15. The van der Waals surface area contributed by atoms with E-state index in [1.54, 1.807) is 0 Å². The third-order valence-corrected chi connectivity index (χ3v) is 5.70. The molecule has 0 aliphatic carbocycles. The van der Waals surface area contributed by atoms with Crippen LogP contribution in [0.3, 0.4) is 0 Å². The Morgan fingerprint density at radius 3 is 1.17 bits per heavy atom. The summed E-state index contributed by atoms with van der Waals surface area (Å²) in [5.41, 5.74) is 7.55. The molecule has 0 saturated carbocycles. The summed E-state index contributed by atoms with van der Waals surface area (Å²) in [7, 11) is 0. The minimum Gasteiger partial charge on any atom is -0.0894 e. The Labute approximate surface area is 191 Å². The van der Waals surface area contributed by atoms with Crippen molar-refractivity contribution >= 4 is 15.9 Å². The lowest BCUT2D eigenvalue weighted by atomic mass is 10.0. The Kier molecular flexibility index (Phi) is 17.5. The predicted octanol–water partition coefficient (Wildman–Crippen LogP) is 10.4. The van der Waals surface area contributed by atoms with Gasteiger partial charge in [-0.05, 0) is 106 Å². The van der Waals surface area contributed by atoms with E-state index in [9.17, 15) is 0 Å². The zero-order chi connectivity index (χ0) is 22.1. The van der Waals surface area contributed by atoms with Crippen LogP contribution < -0.4 is 0 Å². The van der Waals surface area contributed by atoms with E-state index < -0.39 is 0 Å². The second-order valence-electron chi connectivity index (χ2n) is 9.00. The van der Waals surface area contributed by atoms with Crippen molar-refractivity contribution in [3.8, 4) is 0 Å². The number of alkyl halides is 1. The first-order valence-electron chi connectivity index (χ1n) is 11.6. The molecule has 0 rings (SSSR count). The molecule has 0 saturated heterocycles. The minimum atomic E-state index is 0.623. The molecule has 0 fully saturated rings. The normalized spacial score (nSPS) is 14.9. The fourth-order valence-corrected chi connectivity index (χ4v) is 3.46. The quantitative estimate of drug-likeness (QED) is 0.167. The summed E-state index contributed by atoms with van der Waals surface area (Å²) in [6.07, 6.45) is 24.0. The topological polar surface area (TPSA) is 0 Å². The van der Waals surface area contributed by atoms with Crippen LogP contribution in [0.25, 0.3) is 0 Å². The second kappa shape index (κ2) is 18.0.